The van der Waals surface area contributed by atoms with Gasteiger partial charge in [-0.3, -0.25) is 0 Å². The molecule has 1 heterocycles. The lowest BCUT2D eigenvalue weighted by molar-refractivity contribution is 0.165. The first-order chi connectivity index (χ1) is 10.7. The van der Waals surface area contributed by atoms with Gasteiger partial charge in [0.2, 0.25) is 0 Å². The summed E-state index contributed by atoms with van der Waals surface area (Å²) >= 11 is 0. The van der Waals surface area contributed by atoms with Crippen molar-refractivity contribution in [1.82, 2.24) is 0 Å². The van der Waals surface area contributed by atoms with Crippen LogP contribution in [0.3, 0.4) is 0 Å². The van der Waals surface area contributed by atoms with Crippen molar-refractivity contribution in [2.75, 3.05) is 0 Å². The predicted octanol–water partition coefficient (Wildman–Crippen LogP) is 7.46. The Hall–Kier alpha value is 0.177. The van der Waals surface area contributed by atoms with Crippen molar-refractivity contribution >= 4 is 8.32 Å². The highest BCUT2D eigenvalue weighted by molar-refractivity contribution is 6.73. The Kier molecular flexibility index (Phi) is 11.6. The molecule has 1 rings (SSSR count). The van der Waals surface area contributed by atoms with E-state index in [-0.39, 0.29) is 0 Å². The van der Waals surface area contributed by atoms with E-state index in [0.29, 0.717) is 6.10 Å². The molecule has 0 amide bonds. The highest BCUT2D eigenvalue weighted by atomic mass is 28.4. The summed E-state index contributed by atoms with van der Waals surface area (Å²) in [7, 11) is -1.28. The highest BCUT2D eigenvalue weighted by Crippen LogP contribution is 2.33. The fourth-order valence-corrected chi connectivity index (χ4v) is 7.43. The summed E-state index contributed by atoms with van der Waals surface area (Å²) in [6.07, 6.45) is 20.2. The van der Waals surface area contributed by atoms with Gasteiger partial charge < -0.3 is 4.43 Å². The SMILES string of the molecule is CCCCCCCCCCCC(CCC)O[Si]1(C)CCCC1. The first-order valence-electron chi connectivity index (χ1n) is 10.4. The van der Waals surface area contributed by atoms with E-state index in [0.717, 1.165) is 0 Å². The van der Waals surface area contributed by atoms with Gasteiger partial charge >= 0.3 is 0 Å². The van der Waals surface area contributed by atoms with Crippen LogP contribution in [0, 0.1) is 0 Å². The maximum absolute atomic E-state index is 6.65. The van der Waals surface area contributed by atoms with Crippen molar-refractivity contribution in [2.24, 2.45) is 0 Å². The number of unbranched alkanes of at least 4 members (excludes halogenated alkanes) is 8. The fourth-order valence-electron chi connectivity index (χ4n) is 3.91. The van der Waals surface area contributed by atoms with Crippen molar-refractivity contribution in [3.8, 4) is 0 Å². The summed E-state index contributed by atoms with van der Waals surface area (Å²) in [5.74, 6) is 0. The molecule has 2 heteroatoms. The summed E-state index contributed by atoms with van der Waals surface area (Å²) in [6.45, 7) is 7.09. The first-order valence-corrected chi connectivity index (χ1v) is 13.2. The molecule has 132 valence electrons. The second kappa shape index (κ2) is 12.6. The molecular weight excluding hydrogens is 284 g/mol. The lowest BCUT2D eigenvalue weighted by Gasteiger charge is -2.29. The van der Waals surface area contributed by atoms with Crippen LogP contribution in [0.15, 0.2) is 0 Å². The van der Waals surface area contributed by atoms with Crippen LogP contribution in [-0.2, 0) is 4.43 Å². The van der Waals surface area contributed by atoms with E-state index in [4.69, 9.17) is 4.43 Å². The van der Waals surface area contributed by atoms with Crippen molar-refractivity contribution in [3.05, 3.63) is 0 Å². The summed E-state index contributed by atoms with van der Waals surface area (Å²) in [5, 5.41) is 0. The molecule has 1 unspecified atom stereocenters. The molecule has 1 aliphatic heterocycles. The zero-order valence-corrected chi connectivity index (χ0v) is 16.8. The second-order valence-corrected chi connectivity index (χ2v) is 11.9. The van der Waals surface area contributed by atoms with Crippen LogP contribution in [0.25, 0.3) is 0 Å². The number of hydrogen-bond donors (Lipinski definition) is 0. The van der Waals surface area contributed by atoms with Gasteiger partial charge in [0.1, 0.15) is 0 Å². The van der Waals surface area contributed by atoms with Gasteiger partial charge in [0, 0.05) is 6.10 Å². The highest BCUT2D eigenvalue weighted by Gasteiger charge is 2.35. The van der Waals surface area contributed by atoms with Gasteiger partial charge in [-0.05, 0) is 31.5 Å². The Morgan fingerprint density at radius 1 is 0.727 bits per heavy atom. The monoisotopic (exact) mass is 326 g/mol. The van der Waals surface area contributed by atoms with Crippen LogP contribution in [0.4, 0.5) is 0 Å². The average molecular weight is 327 g/mol. The first kappa shape index (κ1) is 20.2. The zero-order chi connectivity index (χ0) is 16.1. The molecule has 1 atom stereocenters. The van der Waals surface area contributed by atoms with Crippen molar-refractivity contribution in [1.29, 1.82) is 0 Å². The van der Waals surface area contributed by atoms with Crippen LogP contribution in [0.2, 0.25) is 18.6 Å². The van der Waals surface area contributed by atoms with Gasteiger partial charge in [0.05, 0.1) is 0 Å². The van der Waals surface area contributed by atoms with E-state index in [1.807, 2.05) is 0 Å². The van der Waals surface area contributed by atoms with E-state index in [1.165, 1.54) is 102 Å². The molecule has 0 aromatic carbocycles. The van der Waals surface area contributed by atoms with Gasteiger partial charge in [-0.25, -0.2) is 0 Å². The number of hydrogen-bond acceptors (Lipinski definition) is 1. The molecule has 0 aromatic heterocycles. The summed E-state index contributed by atoms with van der Waals surface area (Å²) in [5.41, 5.74) is 0. The molecule has 1 saturated heterocycles. The minimum atomic E-state index is -1.28. The van der Waals surface area contributed by atoms with E-state index >= 15 is 0 Å². The van der Waals surface area contributed by atoms with Crippen LogP contribution >= 0.6 is 0 Å². The van der Waals surface area contributed by atoms with Gasteiger partial charge in [0.25, 0.3) is 0 Å². The average Bonchev–Trinajstić information content (AvgIpc) is 2.92. The molecule has 0 bridgehead atoms. The maximum Gasteiger partial charge on any atom is 0.190 e. The molecule has 1 aliphatic rings. The third kappa shape index (κ3) is 9.35. The lowest BCUT2D eigenvalue weighted by atomic mass is 10.0. The van der Waals surface area contributed by atoms with E-state index in [9.17, 15) is 0 Å². The Bertz CT molecular complexity index is 248. The van der Waals surface area contributed by atoms with Gasteiger partial charge in [-0.1, -0.05) is 90.9 Å². The van der Waals surface area contributed by atoms with E-state index < -0.39 is 8.32 Å². The molecule has 0 spiro atoms. The second-order valence-electron chi connectivity index (χ2n) is 7.80. The summed E-state index contributed by atoms with van der Waals surface area (Å²) < 4.78 is 6.65. The third-order valence-corrected chi connectivity index (χ3v) is 9.08. The van der Waals surface area contributed by atoms with Crippen LogP contribution < -0.4 is 0 Å². The molecule has 1 nitrogen and oxygen atoms in total. The van der Waals surface area contributed by atoms with Crippen molar-refractivity contribution < 1.29 is 4.43 Å². The van der Waals surface area contributed by atoms with Crippen LogP contribution in [-0.4, -0.2) is 14.4 Å². The van der Waals surface area contributed by atoms with Crippen molar-refractivity contribution in [3.63, 3.8) is 0 Å². The molecule has 1 fully saturated rings. The minimum Gasteiger partial charge on any atom is -0.414 e. The molecule has 0 radical (unpaired) electrons. The minimum absolute atomic E-state index is 0.587. The summed E-state index contributed by atoms with van der Waals surface area (Å²) in [4.78, 5) is 0. The fraction of sp³-hybridized carbons (Fsp3) is 1.00. The van der Waals surface area contributed by atoms with Crippen LogP contribution in [0.5, 0.6) is 0 Å². The largest absolute Gasteiger partial charge is 0.414 e. The topological polar surface area (TPSA) is 9.23 Å². The van der Waals surface area contributed by atoms with E-state index in [1.54, 1.807) is 0 Å². The molecule has 0 N–H and O–H groups in total. The Morgan fingerprint density at radius 3 is 1.82 bits per heavy atom. The Morgan fingerprint density at radius 2 is 1.27 bits per heavy atom. The molecule has 22 heavy (non-hydrogen) atoms. The molecule has 0 saturated carbocycles. The number of rotatable bonds is 14. The summed E-state index contributed by atoms with van der Waals surface area (Å²) in [6, 6.07) is 2.84. The van der Waals surface area contributed by atoms with E-state index in [2.05, 4.69) is 20.4 Å². The molecule has 0 aliphatic carbocycles. The van der Waals surface area contributed by atoms with Gasteiger partial charge in [-0.2, -0.15) is 0 Å². The normalized spacial score (nSPS) is 18.7. The predicted molar refractivity (Wildman–Crippen MR) is 102 cm³/mol. The van der Waals surface area contributed by atoms with Crippen LogP contribution in [0.1, 0.15) is 104 Å². The smallest absolute Gasteiger partial charge is 0.190 e. The standard InChI is InChI=1S/C20H42OSi/c1-4-6-7-8-9-10-11-12-13-17-20(16-5-2)21-22(3)18-14-15-19-22/h20H,4-19H2,1-3H3. The lowest BCUT2D eigenvalue weighted by Crippen LogP contribution is -2.35. The Labute approximate surface area is 141 Å². The quantitative estimate of drug-likeness (QED) is 0.238. The molecular formula is C20H42OSi. The van der Waals surface area contributed by atoms with Gasteiger partial charge in [-0.15, -0.1) is 0 Å². The zero-order valence-electron chi connectivity index (χ0n) is 15.8. The van der Waals surface area contributed by atoms with Crippen molar-refractivity contribution in [2.45, 2.75) is 128 Å². The third-order valence-electron chi connectivity index (χ3n) is 5.35. The van der Waals surface area contributed by atoms with Gasteiger partial charge in [0.15, 0.2) is 8.32 Å². The molecule has 0 aromatic rings. The maximum atomic E-state index is 6.65. The Balaban J connectivity index is 2.04.